The van der Waals surface area contributed by atoms with E-state index in [0.29, 0.717) is 0 Å². The highest BCUT2D eigenvalue weighted by atomic mass is 16.5. The molecule has 0 aliphatic rings. The van der Waals surface area contributed by atoms with E-state index in [1.165, 1.54) is 11.9 Å². The molecule has 0 spiro atoms. The smallest absolute Gasteiger partial charge is 0.137 e. The summed E-state index contributed by atoms with van der Waals surface area (Å²) in [6.07, 6.45) is 2.38. The predicted octanol–water partition coefficient (Wildman–Crippen LogP) is 1.15. The zero-order chi connectivity index (χ0) is 11.9. The van der Waals surface area contributed by atoms with Crippen LogP contribution in [0.1, 0.15) is 11.4 Å². The third-order valence-corrected chi connectivity index (χ3v) is 2.47. The topological polar surface area (TPSA) is 62.8 Å². The molecule has 1 heterocycles. The zero-order valence-electron chi connectivity index (χ0n) is 9.81. The van der Waals surface area contributed by atoms with Gasteiger partial charge in [-0.05, 0) is 17.7 Å². The van der Waals surface area contributed by atoms with E-state index in [1.807, 2.05) is 18.2 Å². The molecule has 17 heavy (non-hydrogen) atoms. The summed E-state index contributed by atoms with van der Waals surface area (Å²) in [5.74, 6) is 1.79. The molecule has 0 atom stereocenters. The summed E-state index contributed by atoms with van der Waals surface area (Å²) >= 11 is 0. The number of hydrogen-bond donors (Lipinski definition) is 2. The maximum Gasteiger partial charge on any atom is 0.137 e. The number of H-pyrrole nitrogens is 1. The Hall–Kier alpha value is -1.88. The molecule has 5 heteroatoms. The summed E-state index contributed by atoms with van der Waals surface area (Å²) in [6.45, 7) is 1.69. The Morgan fingerprint density at radius 2 is 2.35 bits per heavy atom. The average Bonchev–Trinajstić information content (AvgIpc) is 2.88. The number of rotatable bonds is 6. The molecule has 0 radical (unpaired) electrons. The van der Waals surface area contributed by atoms with Crippen molar-refractivity contribution in [3.8, 4) is 5.75 Å². The van der Waals surface area contributed by atoms with E-state index in [9.17, 15) is 0 Å². The molecule has 90 valence electrons. The van der Waals surface area contributed by atoms with Gasteiger partial charge in [0.15, 0.2) is 0 Å². The van der Waals surface area contributed by atoms with E-state index < -0.39 is 0 Å². The summed E-state index contributed by atoms with van der Waals surface area (Å²) in [6, 6.07) is 8.04. The molecule has 5 nitrogen and oxygen atoms in total. The van der Waals surface area contributed by atoms with Crippen molar-refractivity contribution in [3.63, 3.8) is 0 Å². The Morgan fingerprint density at radius 3 is 3.12 bits per heavy atom. The van der Waals surface area contributed by atoms with Crippen LogP contribution in [0.5, 0.6) is 5.75 Å². The van der Waals surface area contributed by atoms with Crippen LogP contribution in [0.2, 0.25) is 0 Å². The molecule has 2 aromatic rings. The van der Waals surface area contributed by atoms with Gasteiger partial charge in [0.05, 0.1) is 7.11 Å². The van der Waals surface area contributed by atoms with Crippen molar-refractivity contribution in [1.82, 2.24) is 20.5 Å². The van der Waals surface area contributed by atoms with Crippen LogP contribution in [0.3, 0.4) is 0 Å². The van der Waals surface area contributed by atoms with Crippen LogP contribution in [0.4, 0.5) is 0 Å². The fraction of sp³-hybridized carbons (Fsp3) is 0.333. The fourth-order valence-corrected chi connectivity index (χ4v) is 1.57. The van der Waals surface area contributed by atoms with Gasteiger partial charge in [0.1, 0.15) is 17.9 Å². The van der Waals surface area contributed by atoms with Gasteiger partial charge in [-0.2, -0.15) is 5.10 Å². The molecule has 1 aromatic carbocycles. The maximum absolute atomic E-state index is 5.17. The Morgan fingerprint density at radius 1 is 1.41 bits per heavy atom. The zero-order valence-corrected chi connectivity index (χ0v) is 9.81. The van der Waals surface area contributed by atoms with Crippen LogP contribution in [-0.2, 0) is 13.0 Å². The van der Waals surface area contributed by atoms with Gasteiger partial charge in [-0.25, -0.2) is 4.98 Å². The van der Waals surface area contributed by atoms with E-state index in [2.05, 4.69) is 26.6 Å². The number of benzene rings is 1. The largest absolute Gasteiger partial charge is 0.497 e. The van der Waals surface area contributed by atoms with Crippen LogP contribution < -0.4 is 10.1 Å². The first-order valence-corrected chi connectivity index (χ1v) is 5.56. The summed E-state index contributed by atoms with van der Waals surface area (Å²) < 4.78 is 5.17. The van der Waals surface area contributed by atoms with Gasteiger partial charge in [0.2, 0.25) is 0 Å². The van der Waals surface area contributed by atoms with Crippen molar-refractivity contribution in [1.29, 1.82) is 0 Å². The molecule has 0 saturated carbocycles. The summed E-state index contributed by atoms with van der Waals surface area (Å²) in [5.41, 5.74) is 1.21. The Bertz CT molecular complexity index is 442. The minimum Gasteiger partial charge on any atom is -0.497 e. The van der Waals surface area contributed by atoms with Crippen molar-refractivity contribution < 1.29 is 4.74 Å². The Labute approximate surface area is 100 Å². The normalized spacial score (nSPS) is 10.4. The second kappa shape index (κ2) is 6.00. The number of methoxy groups -OCH3 is 1. The number of ether oxygens (including phenoxy) is 1. The summed E-state index contributed by atoms with van der Waals surface area (Å²) in [4.78, 5) is 4.06. The standard InChI is InChI=1S/C12H16N4O/c1-17-11-4-2-3-10(7-11)8-13-6-5-12-14-9-15-16-12/h2-4,7,9,13H,5-6,8H2,1H3,(H,14,15,16). The number of nitrogens with one attached hydrogen (secondary N) is 2. The number of aromatic nitrogens is 3. The highest BCUT2D eigenvalue weighted by molar-refractivity contribution is 5.28. The number of aromatic amines is 1. The molecule has 0 amide bonds. The van der Waals surface area contributed by atoms with Gasteiger partial charge in [0, 0.05) is 19.5 Å². The van der Waals surface area contributed by atoms with Gasteiger partial charge in [-0.15, -0.1) is 0 Å². The van der Waals surface area contributed by atoms with Crippen LogP contribution in [0.25, 0.3) is 0 Å². The summed E-state index contributed by atoms with van der Waals surface area (Å²) in [7, 11) is 1.68. The van der Waals surface area contributed by atoms with Crippen molar-refractivity contribution in [2.45, 2.75) is 13.0 Å². The first-order chi connectivity index (χ1) is 8.38. The van der Waals surface area contributed by atoms with Gasteiger partial charge in [-0.3, -0.25) is 5.10 Å². The third-order valence-electron chi connectivity index (χ3n) is 2.47. The first kappa shape index (κ1) is 11.6. The van der Waals surface area contributed by atoms with E-state index in [1.54, 1.807) is 7.11 Å². The summed E-state index contributed by atoms with van der Waals surface area (Å²) in [5, 5.41) is 9.98. The SMILES string of the molecule is COc1cccc(CNCCc2ncn[nH]2)c1. The van der Waals surface area contributed by atoms with E-state index in [-0.39, 0.29) is 0 Å². The fourth-order valence-electron chi connectivity index (χ4n) is 1.57. The number of hydrogen-bond acceptors (Lipinski definition) is 4. The number of nitrogens with zero attached hydrogens (tertiary/aromatic N) is 2. The minimum atomic E-state index is 0.825. The Kier molecular flexibility index (Phi) is 4.10. The van der Waals surface area contributed by atoms with Gasteiger partial charge >= 0.3 is 0 Å². The van der Waals surface area contributed by atoms with E-state index in [0.717, 1.165) is 31.1 Å². The lowest BCUT2D eigenvalue weighted by atomic mass is 10.2. The predicted molar refractivity (Wildman–Crippen MR) is 64.8 cm³/mol. The average molecular weight is 232 g/mol. The molecule has 2 N–H and O–H groups in total. The molecular weight excluding hydrogens is 216 g/mol. The lowest BCUT2D eigenvalue weighted by Gasteiger charge is -2.05. The van der Waals surface area contributed by atoms with Crippen LogP contribution in [-0.4, -0.2) is 28.8 Å². The van der Waals surface area contributed by atoms with Gasteiger partial charge in [0.25, 0.3) is 0 Å². The lowest BCUT2D eigenvalue weighted by Crippen LogP contribution is -2.17. The van der Waals surface area contributed by atoms with Crippen LogP contribution >= 0.6 is 0 Å². The quantitative estimate of drug-likeness (QED) is 0.733. The first-order valence-electron chi connectivity index (χ1n) is 5.56. The molecule has 0 fully saturated rings. The van der Waals surface area contributed by atoms with Gasteiger partial charge in [-0.1, -0.05) is 12.1 Å². The second-order valence-electron chi connectivity index (χ2n) is 3.71. The van der Waals surface area contributed by atoms with E-state index >= 15 is 0 Å². The lowest BCUT2D eigenvalue weighted by molar-refractivity contribution is 0.414. The molecule has 0 aliphatic carbocycles. The molecule has 0 bridgehead atoms. The van der Waals surface area contributed by atoms with Crippen molar-refractivity contribution in [2.24, 2.45) is 0 Å². The molecule has 2 rings (SSSR count). The van der Waals surface area contributed by atoms with Crippen LogP contribution in [0, 0.1) is 0 Å². The Balaban J connectivity index is 1.74. The van der Waals surface area contributed by atoms with Crippen molar-refractivity contribution >= 4 is 0 Å². The molecule has 1 aromatic heterocycles. The minimum absolute atomic E-state index is 0.825. The monoisotopic (exact) mass is 232 g/mol. The van der Waals surface area contributed by atoms with Crippen LogP contribution in [0.15, 0.2) is 30.6 Å². The molecule has 0 saturated heterocycles. The van der Waals surface area contributed by atoms with E-state index in [4.69, 9.17) is 4.74 Å². The van der Waals surface area contributed by atoms with Gasteiger partial charge < -0.3 is 10.1 Å². The molecular formula is C12H16N4O. The third kappa shape index (κ3) is 3.57. The molecule has 0 unspecified atom stereocenters. The highest BCUT2D eigenvalue weighted by Crippen LogP contribution is 2.11. The highest BCUT2D eigenvalue weighted by Gasteiger charge is 1.97. The second-order valence-corrected chi connectivity index (χ2v) is 3.71. The maximum atomic E-state index is 5.17. The van der Waals surface area contributed by atoms with Crippen molar-refractivity contribution in [3.05, 3.63) is 42.0 Å². The molecule has 0 aliphatic heterocycles. The van der Waals surface area contributed by atoms with Crippen molar-refractivity contribution in [2.75, 3.05) is 13.7 Å².